The maximum atomic E-state index is 10.7. The van der Waals surface area contributed by atoms with Crippen LogP contribution in [0.3, 0.4) is 0 Å². The number of aryl methyl sites for hydroxylation is 1. The molecule has 3 aliphatic heterocycles. The van der Waals surface area contributed by atoms with Crippen LogP contribution >= 0.6 is 0 Å². The van der Waals surface area contributed by atoms with Gasteiger partial charge in [-0.05, 0) is 74.8 Å². The van der Waals surface area contributed by atoms with Crippen molar-refractivity contribution in [2.75, 3.05) is 44.6 Å². The molecule has 0 radical (unpaired) electrons. The van der Waals surface area contributed by atoms with Gasteiger partial charge in [-0.15, -0.1) is 0 Å². The lowest BCUT2D eigenvalue weighted by Gasteiger charge is -2.45. The number of likely N-dealkylation sites (tertiary alicyclic amines) is 1. The third-order valence-electron chi connectivity index (χ3n) is 7.03. The Morgan fingerprint density at radius 1 is 1.32 bits per heavy atom. The van der Waals surface area contributed by atoms with E-state index in [1.54, 1.807) is 0 Å². The van der Waals surface area contributed by atoms with Crippen molar-refractivity contribution in [3.05, 3.63) is 29.3 Å². The van der Waals surface area contributed by atoms with E-state index in [0.717, 1.165) is 52.1 Å². The highest BCUT2D eigenvalue weighted by molar-refractivity contribution is 5.62. The summed E-state index contributed by atoms with van der Waals surface area (Å²) >= 11 is 0. The van der Waals surface area contributed by atoms with Crippen LogP contribution in [0.1, 0.15) is 37.3 Å². The summed E-state index contributed by atoms with van der Waals surface area (Å²) in [5, 5.41) is 17.7. The van der Waals surface area contributed by atoms with Crippen LogP contribution in [-0.4, -0.2) is 55.4 Å². The van der Waals surface area contributed by atoms with E-state index in [1.165, 1.54) is 23.2 Å². The second kappa shape index (κ2) is 6.90. The van der Waals surface area contributed by atoms with Gasteiger partial charge in [0.1, 0.15) is 0 Å². The Labute approximate surface area is 152 Å². The number of nitrogens with zero attached hydrogens (tertiary/aromatic N) is 1. The molecule has 0 amide bonds. The number of fused-ring (bicyclic) bond motifs is 2. The molecular formula is C21H33N3O. The minimum Gasteiger partial charge on any atom is -0.392 e. The predicted octanol–water partition coefficient (Wildman–Crippen LogP) is 2.36. The Bertz CT molecular complexity index is 613. The molecule has 25 heavy (non-hydrogen) atoms. The summed E-state index contributed by atoms with van der Waals surface area (Å²) in [7, 11) is 0. The predicted molar refractivity (Wildman–Crippen MR) is 103 cm³/mol. The minimum atomic E-state index is -0.167. The second-order valence-electron chi connectivity index (χ2n) is 8.62. The molecule has 0 saturated carbocycles. The van der Waals surface area contributed by atoms with Crippen molar-refractivity contribution in [2.45, 2.75) is 44.6 Å². The van der Waals surface area contributed by atoms with Crippen LogP contribution in [0.4, 0.5) is 5.69 Å². The van der Waals surface area contributed by atoms with E-state index in [0.29, 0.717) is 11.8 Å². The monoisotopic (exact) mass is 343 g/mol. The molecule has 3 aliphatic rings. The number of β-amino-alcohol motifs (C(OH)–C–C–N with tert-alkyl or cyclic N) is 1. The fraction of sp³-hybridized carbons (Fsp3) is 0.714. The van der Waals surface area contributed by atoms with Crippen LogP contribution in [0.25, 0.3) is 0 Å². The third-order valence-corrected chi connectivity index (χ3v) is 7.03. The third kappa shape index (κ3) is 3.20. The average molecular weight is 344 g/mol. The van der Waals surface area contributed by atoms with Crippen LogP contribution in [0.15, 0.2) is 18.2 Å². The van der Waals surface area contributed by atoms with Crippen molar-refractivity contribution in [3.8, 4) is 0 Å². The molecule has 1 aromatic carbocycles. The molecule has 1 aromatic rings. The zero-order valence-electron chi connectivity index (χ0n) is 15.7. The van der Waals surface area contributed by atoms with Gasteiger partial charge in [0.25, 0.3) is 0 Å². The lowest BCUT2D eigenvalue weighted by atomic mass is 9.67. The first-order chi connectivity index (χ1) is 12.1. The number of piperidine rings is 2. The Hall–Kier alpha value is -1.10. The van der Waals surface area contributed by atoms with E-state index in [1.807, 2.05) is 0 Å². The van der Waals surface area contributed by atoms with Gasteiger partial charge in [-0.1, -0.05) is 19.1 Å². The van der Waals surface area contributed by atoms with Gasteiger partial charge in [0.05, 0.1) is 6.10 Å². The van der Waals surface area contributed by atoms with Gasteiger partial charge in [-0.2, -0.15) is 0 Å². The zero-order valence-corrected chi connectivity index (χ0v) is 15.7. The van der Waals surface area contributed by atoms with Crippen molar-refractivity contribution in [1.82, 2.24) is 10.2 Å². The average Bonchev–Trinajstić information content (AvgIpc) is 2.98. The summed E-state index contributed by atoms with van der Waals surface area (Å²) in [4.78, 5) is 2.51. The maximum absolute atomic E-state index is 10.7. The summed E-state index contributed by atoms with van der Waals surface area (Å²) in [5.74, 6) is 1.09. The topological polar surface area (TPSA) is 47.5 Å². The lowest BCUT2D eigenvalue weighted by molar-refractivity contribution is 0.0228. The molecule has 3 atom stereocenters. The van der Waals surface area contributed by atoms with Crippen LogP contribution in [0, 0.1) is 18.8 Å². The number of aliphatic hydroxyl groups excluding tert-OH is 1. The Balaban J connectivity index is 1.41. The van der Waals surface area contributed by atoms with Crippen molar-refractivity contribution in [2.24, 2.45) is 11.8 Å². The van der Waals surface area contributed by atoms with Crippen LogP contribution in [0.5, 0.6) is 0 Å². The Morgan fingerprint density at radius 2 is 2.12 bits per heavy atom. The number of hydrogen-bond acceptors (Lipinski definition) is 4. The van der Waals surface area contributed by atoms with Gasteiger partial charge in [-0.3, -0.25) is 0 Å². The molecule has 1 spiro atoms. The van der Waals surface area contributed by atoms with Gasteiger partial charge in [0.2, 0.25) is 0 Å². The molecule has 0 bridgehead atoms. The van der Waals surface area contributed by atoms with E-state index >= 15 is 0 Å². The van der Waals surface area contributed by atoms with Crippen molar-refractivity contribution < 1.29 is 5.11 Å². The molecule has 2 fully saturated rings. The molecule has 4 nitrogen and oxygen atoms in total. The number of anilines is 1. The van der Waals surface area contributed by atoms with Gasteiger partial charge in [-0.25, -0.2) is 0 Å². The molecule has 0 unspecified atom stereocenters. The quantitative estimate of drug-likeness (QED) is 0.789. The molecule has 3 heterocycles. The minimum absolute atomic E-state index is 0.167. The summed E-state index contributed by atoms with van der Waals surface area (Å²) in [6, 6.07) is 6.90. The molecule has 0 aromatic heterocycles. The first-order valence-electron chi connectivity index (χ1n) is 10.0. The summed E-state index contributed by atoms with van der Waals surface area (Å²) in [5.41, 5.74) is 4.47. The number of rotatable bonds is 3. The SMILES string of the molecule is Cc1ccc2c(c1)NC[C@]21CCN(C[C@@H](O)C2CCNCC2)C[C@H]1C. The summed E-state index contributed by atoms with van der Waals surface area (Å²) in [6.45, 7) is 10.8. The van der Waals surface area contributed by atoms with E-state index in [9.17, 15) is 5.11 Å². The van der Waals surface area contributed by atoms with Crippen molar-refractivity contribution >= 4 is 5.69 Å². The van der Waals surface area contributed by atoms with Gasteiger partial charge < -0.3 is 20.6 Å². The fourth-order valence-corrected chi connectivity index (χ4v) is 5.32. The van der Waals surface area contributed by atoms with E-state index in [2.05, 4.69) is 47.6 Å². The van der Waals surface area contributed by atoms with E-state index < -0.39 is 0 Å². The lowest BCUT2D eigenvalue weighted by Crippen LogP contribution is -2.52. The molecule has 4 rings (SSSR count). The van der Waals surface area contributed by atoms with Crippen LogP contribution in [-0.2, 0) is 5.41 Å². The number of nitrogens with one attached hydrogen (secondary N) is 2. The highest BCUT2D eigenvalue weighted by Crippen LogP contribution is 2.47. The van der Waals surface area contributed by atoms with Crippen molar-refractivity contribution in [1.29, 1.82) is 0 Å². The van der Waals surface area contributed by atoms with Crippen LogP contribution < -0.4 is 10.6 Å². The first kappa shape index (κ1) is 17.3. The Morgan fingerprint density at radius 3 is 2.88 bits per heavy atom. The van der Waals surface area contributed by atoms with E-state index in [4.69, 9.17) is 0 Å². The Kier molecular flexibility index (Phi) is 4.78. The maximum Gasteiger partial charge on any atom is 0.0696 e. The van der Waals surface area contributed by atoms with Gasteiger partial charge in [0, 0.05) is 30.7 Å². The molecule has 0 aliphatic carbocycles. The molecular weight excluding hydrogens is 310 g/mol. The zero-order chi connectivity index (χ0) is 17.4. The number of aliphatic hydroxyl groups is 1. The number of hydrogen-bond donors (Lipinski definition) is 3. The van der Waals surface area contributed by atoms with Crippen molar-refractivity contribution in [3.63, 3.8) is 0 Å². The van der Waals surface area contributed by atoms with Gasteiger partial charge in [0.15, 0.2) is 0 Å². The standard InChI is InChI=1S/C21H33N3O/c1-15-3-4-18-19(11-15)23-14-21(18)7-10-24(12-16(21)2)13-20(25)17-5-8-22-9-6-17/h3-4,11,16-17,20,22-23,25H,5-10,12-14H2,1-2H3/t16-,20-,21+/m1/s1. The highest BCUT2D eigenvalue weighted by atomic mass is 16.3. The fourth-order valence-electron chi connectivity index (χ4n) is 5.32. The largest absolute Gasteiger partial charge is 0.392 e. The molecule has 4 heteroatoms. The van der Waals surface area contributed by atoms with Gasteiger partial charge >= 0.3 is 0 Å². The second-order valence-corrected chi connectivity index (χ2v) is 8.62. The molecule has 138 valence electrons. The summed E-state index contributed by atoms with van der Waals surface area (Å²) < 4.78 is 0. The smallest absolute Gasteiger partial charge is 0.0696 e. The van der Waals surface area contributed by atoms with E-state index in [-0.39, 0.29) is 11.5 Å². The highest BCUT2D eigenvalue weighted by Gasteiger charge is 2.46. The normalized spacial score (nSPS) is 31.7. The summed E-state index contributed by atoms with van der Waals surface area (Å²) in [6.07, 6.45) is 3.26. The molecule has 2 saturated heterocycles. The first-order valence-corrected chi connectivity index (χ1v) is 10.0. The van der Waals surface area contributed by atoms with Crippen LogP contribution in [0.2, 0.25) is 0 Å². The number of benzene rings is 1. The molecule has 3 N–H and O–H groups in total.